The molecular weight excluding hydrogens is 214 g/mol. The van der Waals surface area contributed by atoms with Gasteiger partial charge in [0.1, 0.15) is 5.76 Å². The van der Waals surface area contributed by atoms with Crippen LogP contribution in [0.15, 0.2) is 29.0 Å². The van der Waals surface area contributed by atoms with E-state index in [1.165, 1.54) is 0 Å². The highest BCUT2D eigenvalue weighted by molar-refractivity contribution is 5.18. The second-order valence-corrected chi connectivity index (χ2v) is 4.68. The van der Waals surface area contributed by atoms with Gasteiger partial charge in [-0.3, -0.25) is 4.68 Å². The van der Waals surface area contributed by atoms with Crippen molar-refractivity contribution in [3.05, 3.63) is 41.6 Å². The van der Waals surface area contributed by atoms with Gasteiger partial charge in [-0.25, -0.2) is 0 Å². The van der Waals surface area contributed by atoms with Crippen molar-refractivity contribution in [1.82, 2.24) is 9.78 Å². The van der Waals surface area contributed by atoms with Gasteiger partial charge in [0, 0.05) is 30.3 Å². The number of aryl methyl sites for hydroxylation is 1. The summed E-state index contributed by atoms with van der Waals surface area (Å²) in [6.07, 6.45) is 4.45. The van der Waals surface area contributed by atoms with E-state index in [1.54, 1.807) is 6.26 Å². The Kier molecular flexibility index (Phi) is 3.33. The summed E-state index contributed by atoms with van der Waals surface area (Å²) < 4.78 is 7.21. The summed E-state index contributed by atoms with van der Waals surface area (Å²) in [6.45, 7) is 6.13. The average Bonchev–Trinajstić information content (AvgIpc) is 2.86. The third kappa shape index (κ3) is 2.77. The number of furan rings is 1. The number of hydrogen-bond acceptors (Lipinski definition) is 3. The topological polar surface area (TPSA) is 57.0 Å². The average molecular weight is 233 g/mol. The SMILES string of the molecule is Cc1cc(C(N)Cc2ccn(C(C)C)n2)co1. The van der Waals surface area contributed by atoms with Crippen LogP contribution >= 0.6 is 0 Å². The highest BCUT2D eigenvalue weighted by atomic mass is 16.3. The van der Waals surface area contributed by atoms with Crippen molar-refractivity contribution in [3.8, 4) is 0 Å². The van der Waals surface area contributed by atoms with E-state index in [2.05, 4.69) is 18.9 Å². The Bertz CT molecular complexity index is 484. The van der Waals surface area contributed by atoms with Crippen LogP contribution in [-0.4, -0.2) is 9.78 Å². The van der Waals surface area contributed by atoms with Crippen LogP contribution in [-0.2, 0) is 6.42 Å². The molecule has 1 atom stereocenters. The number of aromatic nitrogens is 2. The largest absolute Gasteiger partial charge is 0.469 e. The van der Waals surface area contributed by atoms with E-state index in [9.17, 15) is 0 Å². The molecule has 4 heteroatoms. The lowest BCUT2D eigenvalue weighted by atomic mass is 10.1. The summed E-state index contributed by atoms with van der Waals surface area (Å²) in [5.74, 6) is 0.892. The molecule has 17 heavy (non-hydrogen) atoms. The maximum Gasteiger partial charge on any atom is 0.101 e. The van der Waals surface area contributed by atoms with E-state index in [0.717, 1.165) is 23.4 Å². The smallest absolute Gasteiger partial charge is 0.101 e. The normalized spacial score (nSPS) is 13.2. The van der Waals surface area contributed by atoms with E-state index in [4.69, 9.17) is 10.2 Å². The predicted molar refractivity (Wildman–Crippen MR) is 66.7 cm³/mol. The molecule has 0 saturated heterocycles. The lowest BCUT2D eigenvalue weighted by Crippen LogP contribution is -2.13. The minimum absolute atomic E-state index is 0.0528. The lowest BCUT2D eigenvalue weighted by molar-refractivity contribution is 0.518. The molecule has 0 saturated carbocycles. The maximum absolute atomic E-state index is 6.12. The molecule has 1 unspecified atom stereocenters. The summed E-state index contributed by atoms with van der Waals surface area (Å²) in [7, 11) is 0. The molecule has 2 heterocycles. The predicted octanol–water partition coefficient (Wildman–Crippen LogP) is 2.61. The first kappa shape index (κ1) is 11.9. The van der Waals surface area contributed by atoms with Gasteiger partial charge in [-0.1, -0.05) is 0 Å². The molecule has 0 spiro atoms. The molecular formula is C13H19N3O. The lowest BCUT2D eigenvalue weighted by Gasteiger charge is -2.07. The zero-order chi connectivity index (χ0) is 12.4. The van der Waals surface area contributed by atoms with Gasteiger partial charge in [-0.2, -0.15) is 5.10 Å². The molecule has 0 amide bonds. The van der Waals surface area contributed by atoms with Crippen molar-refractivity contribution >= 4 is 0 Å². The summed E-state index contributed by atoms with van der Waals surface area (Å²) in [6, 6.07) is 4.33. The fourth-order valence-corrected chi connectivity index (χ4v) is 1.78. The summed E-state index contributed by atoms with van der Waals surface area (Å²) in [4.78, 5) is 0. The molecule has 0 aromatic carbocycles. The van der Waals surface area contributed by atoms with Crippen molar-refractivity contribution in [2.75, 3.05) is 0 Å². The van der Waals surface area contributed by atoms with Gasteiger partial charge in [0.2, 0.25) is 0 Å². The Morgan fingerprint density at radius 1 is 1.47 bits per heavy atom. The van der Waals surface area contributed by atoms with Crippen LogP contribution in [0.3, 0.4) is 0 Å². The van der Waals surface area contributed by atoms with E-state index >= 15 is 0 Å². The molecule has 92 valence electrons. The third-order valence-electron chi connectivity index (χ3n) is 2.80. The number of nitrogens with zero attached hydrogens (tertiary/aromatic N) is 2. The molecule has 0 aliphatic heterocycles. The van der Waals surface area contributed by atoms with Crippen molar-refractivity contribution in [3.63, 3.8) is 0 Å². The van der Waals surface area contributed by atoms with Crippen LogP contribution in [0.2, 0.25) is 0 Å². The minimum Gasteiger partial charge on any atom is -0.469 e. The molecule has 2 N–H and O–H groups in total. The van der Waals surface area contributed by atoms with Crippen molar-refractivity contribution in [2.24, 2.45) is 5.73 Å². The molecule has 0 radical (unpaired) electrons. The fourth-order valence-electron chi connectivity index (χ4n) is 1.78. The summed E-state index contributed by atoms with van der Waals surface area (Å²) >= 11 is 0. The van der Waals surface area contributed by atoms with Gasteiger partial charge in [-0.05, 0) is 32.9 Å². The number of nitrogens with two attached hydrogens (primary N) is 1. The fraction of sp³-hybridized carbons (Fsp3) is 0.462. The maximum atomic E-state index is 6.12. The monoisotopic (exact) mass is 233 g/mol. The molecule has 2 rings (SSSR count). The summed E-state index contributed by atoms with van der Waals surface area (Å²) in [5, 5.41) is 4.49. The molecule has 2 aromatic heterocycles. The van der Waals surface area contributed by atoms with E-state index in [1.807, 2.05) is 29.9 Å². The first-order chi connectivity index (χ1) is 8.06. The van der Waals surface area contributed by atoms with Crippen molar-refractivity contribution < 1.29 is 4.42 Å². The highest BCUT2D eigenvalue weighted by Gasteiger charge is 2.12. The van der Waals surface area contributed by atoms with Crippen LogP contribution in [0, 0.1) is 6.92 Å². The van der Waals surface area contributed by atoms with Crippen LogP contribution in [0.1, 0.15) is 42.9 Å². The minimum atomic E-state index is -0.0528. The van der Waals surface area contributed by atoms with Gasteiger partial charge in [0.15, 0.2) is 0 Å². The van der Waals surface area contributed by atoms with Crippen molar-refractivity contribution in [1.29, 1.82) is 0 Å². The Hall–Kier alpha value is -1.55. The van der Waals surface area contributed by atoms with Gasteiger partial charge in [0.25, 0.3) is 0 Å². The Balaban J connectivity index is 2.05. The highest BCUT2D eigenvalue weighted by Crippen LogP contribution is 2.18. The van der Waals surface area contributed by atoms with Gasteiger partial charge in [-0.15, -0.1) is 0 Å². The molecule has 0 aliphatic rings. The van der Waals surface area contributed by atoms with Crippen LogP contribution in [0.5, 0.6) is 0 Å². The van der Waals surface area contributed by atoms with Crippen LogP contribution in [0.4, 0.5) is 0 Å². The van der Waals surface area contributed by atoms with E-state index in [-0.39, 0.29) is 6.04 Å². The standard InChI is InChI=1S/C13H19N3O/c1-9(2)16-5-4-12(15-16)7-13(14)11-6-10(3)17-8-11/h4-6,8-9,13H,7,14H2,1-3H3. The number of rotatable bonds is 4. The zero-order valence-electron chi connectivity index (χ0n) is 10.6. The van der Waals surface area contributed by atoms with Gasteiger partial charge >= 0.3 is 0 Å². The van der Waals surface area contributed by atoms with Gasteiger partial charge < -0.3 is 10.2 Å². The van der Waals surface area contributed by atoms with Gasteiger partial charge in [0.05, 0.1) is 12.0 Å². The molecule has 0 aliphatic carbocycles. The quantitative estimate of drug-likeness (QED) is 0.883. The Morgan fingerprint density at radius 2 is 2.24 bits per heavy atom. The van der Waals surface area contributed by atoms with Crippen LogP contribution in [0.25, 0.3) is 0 Å². The second-order valence-electron chi connectivity index (χ2n) is 4.68. The van der Waals surface area contributed by atoms with E-state index < -0.39 is 0 Å². The first-order valence-electron chi connectivity index (χ1n) is 5.91. The Labute approximate surface area is 101 Å². The summed E-state index contributed by atoms with van der Waals surface area (Å²) in [5.41, 5.74) is 8.16. The number of hydrogen-bond donors (Lipinski definition) is 1. The first-order valence-corrected chi connectivity index (χ1v) is 5.91. The molecule has 4 nitrogen and oxygen atoms in total. The van der Waals surface area contributed by atoms with E-state index in [0.29, 0.717) is 6.04 Å². The zero-order valence-corrected chi connectivity index (χ0v) is 10.6. The molecule has 0 bridgehead atoms. The third-order valence-corrected chi connectivity index (χ3v) is 2.80. The Morgan fingerprint density at radius 3 is 2.76 bits per heavy atom. The van der Waals surface area contributed by atoms with Crippen LogP contribution < -0.4 is 5.73 Å². The second kappa shape index (κ2) is 4.75. The molecule has 2 aromatic rings. The van der Waals surface area contributed by atoms with Crippen molar-refractivity contribution in [2.45, 2.75) is 39.3 Å². The molecule has 0 fully saturated rings.